The van der Waals surface area contributed by atoms with Gasteiger partial charge in [0, 0.05) is 17.5 Å². The number of nitrogens with zero attached hydrogens (tertiary/aromatic N) is 2. The van der Waals surface area contributed by atoms with Crippen molar-refractivity contribution >= 4 is 30.1 Å². The quantitative estimate of drug-likeness (QED) is 0.283. The highest BCUT2D eigenvalue weighted by molar-refractivity contribution is 5.96. The molecule has 0 fully saturated rings. The van der Waals surface area contributed by atoms with E-state index in [-0.39, 0.29) is 11.7 Å². The SMILES string of the molecule is Cc1cc(C(=O)N/N=C/c2ccc(C=NCc3cccc(N)c3)c3c2CC(C)C=C3)ccc1O. The van der Waals surface area contributed by atoms with Crippen LogP contribution in [0.5, 0.6) is 5.75 Å². The van der Waals surface area contributed by atoms with Gasteiger partial charge in [-0.1, -0.05) is 43.3 Å². The largest absolute Gasteiger partial charge is 0.508 e. The molecule has 6 heteroatoms. The second-order valence-corrected chi connectivity index (χ2v) is 8.59. The van der Waals surface area contributed by atoms with Gasteiger partial charge < -0.3 is 10.8 Å². The van der Waals surface area contributed by atoms with Crippen LogP contribution in [0.2, 0.25) is 0 Å². The van der Waals surface area contributed by atoms with E-state index in [0.29, 0.717) is 23.6 Å². The lowest BCUT2D eigenvalue weighted by Crippen LogP contribution is -2.18. The van der Waals surface area contributed by atoms with Crippen LogP contribution >= 0.6 is 0 Å². The first-order valence-electron chi connectivity index (χ1n) is 11.2. The third-order valence-electron chi connectivity index (χ3n) is 5.83. The van der Waals surface area contributed by atoms with Crippen LogP contribution in [0.4, 0.5) is 5.69 Å². The van der Waals surface area contributed by atoms with Crippen molar-refractivity contribution in [1.82, 2.24) is 5.43 Å². The van der Waals surface area contributed by atoms with Gasteiger partial charge in [0.2, 0.25) is 0 Å². The zero-order valence-electron chi connectivity index (χ0n) is 19.3. The number of nitrogens with one attached hydrogen (secondary N) is 1. The molecule has 0 spiro atoms. The van der Waals surface area contributed by atoms with E-state index in [9.17, 15) is 9.90 Å². The van der Waals surface area contributed by atoms with Gasteiger partial charge >= 0.3 is 0 Å². The summed E-state index contributed by atoms with van der Waals surface area (Å²) in [7, 11) is 0. The maximum Gasteiger partial charge on any atom is 0.271 e. The fourth-order valence-electron chi connectivity index (χ4n) is 3.97. The summed E-state index contributed by atoms with van der Waals surface area (Å²) in [6, 6.07) is 16.5. The second kappa shape index (κ2) is 10.2. The number of aryl methyl sites for hydroxylation is 1. The predicted octanol–water partition coefficient (Wildman–Crippen LogP) is 4.87. The summed E-state index contributed by atoms with van der Waals surface area (Å²) < 4.78 is 0. The molecule has 1 unspecified atom stereocenters. The third-order valence-corrected chi connectivity index (χ3v) is 5.83. The number of aromatic hydroxyl groups is 1. The number of fused-ring (bicyclic) bond motifs is 1. The molecule has 3 aromatic rings. The Balaban J connectivity index is 1.52. The van der Waals surface area contributed by atoms with Crippen molar-refractivity contribution < 1.29 is 9.90 Å². The minimum Gasteiger partial charge on any atom is -0.508 e. The number of phenols is 1. The van der Waals surface area contributed by atoms with Gasteiger partial charge in [-0.05, 0) is 83.0 Å². The molecule has 0 aromatic heterocycles. The highest BCUT2D eigenvalue weighted by Crippen LogP contribution is 2.28. The first kappa shape index (κ1) is 23.0. The Hall–Kier alpha value is -4.19. The first-order valence-corrected chi connectivity index (χ1v) is 11.2. The predicted molar refractivity (Wildman–Crippen MR) is 138 cm³/mol. The average molecular weight is 453 g/mol. The van der Waals surface area contributed by atoms with Crippen LogP contribution in [0.25, 0.3) is 6.08 Å². The highest BCUT2D eigenvalue weighted by atomic mass is 16.3. The number of hydrazone groups is 1. The molecule has 0 bridgehead atoms. The summed E-state index contributed by atoms with van der Waals surface area (Å²) in [6.45, 7) is 4.48. The zero-order valence-corrected chi connectivity index (χ0v) is 19.3. The number of rotatable bonds is 6. The lowest BCUT2D eigenvalue weighted by Gasteiger charge is -2.20. The first-order chi connectivity index (χ1) is 16.4. The fraction of sp³-hybridized carbons (Fsp3) is 0.179. The molecule has 0 aliphatic heterocycles. The van der Waals surface area contributed by atoms with E-state index < -0.39 is 0 Å². The number of carbonyl (C=O) groups is 1. The molecule has 4 rings (SSSR count). The molecule has 1 aliphatic carbocycles. The van der Waals surface area contributed by atoms with Crippen LogP contribution in [0.3, 0.4) is 0 Å². The van der Waals surface area contributed by atoms with Gasteiger partial charge in [-0.15, -0.1) is 0 Å². The summed E-state index contributed by atoms with van der Waals surface area (Å²) in [5.41, 5.74) is 15.6. The number of nitrogen functional groups attached to an aromatic ring is 1. The molecule has 1 aliphatic rings. The number of benzene rings is 3. The Morgan fingerprint density at radius 1 is 1.15 bits per heavy atom. The minimum atomic E-state index is -0.327. The van der Waals surface area contributed by atoms with Crippen LogP contribution in [0, 0.1) is 12.8 Å². The third kappa shape index (κ3) is 5.41. The number of amides is 1. The number of anilines is 1. The zero-order chi connectivity index (χ0) is 24.1. The standard InChI is InChI=1S/C28H28N4O2/c1-18-6-10-25-22(16-30-15-20-4-3-5-24(29)14-20)7-8-23(26(25)12-18)17-31-32-28(34)21-9-11-27(33)19(2)13-21/h3-11,13-14,16-18,33H,12,15,29H2,1-2H3,(H,32,34)/b30-16?,31-17+. The van der Waals surface area contributed by atoms with Crippen molar-refractivity contribution in [3.05, 3.63) is 99.6 Å². The minimum absolute atomic E-state index is 0.158. The maximum atomic E-state index is 12.4. The van der Waals surface area contributed by atoms with Gasteiger partial charge in [0.25, 0.3) is 5.91 Å². The molecule has 0 radical (unpaired) electrons. The lowest BCUT2D eigenvalue weighted by molar-refractivity contribution is 0.0955. The van der Waals surface area contributed by atoms with Crippen molar-refractivity contribution in [3.63, 3.8) is 0 Å². The molecule has 1 amide bonds. The normalized spacial score (nSPS) is 15.1. The van der Waals surface area contributed by atoms with Crippen LogP contribution in [0.15, 0.2) is 70.8 Å². The van der Waals surface area contributed by atoms with E-state index in [1.54, 1.807) is 25.3 Å². The highest BCUT2D eigenvalue weighted by Gasteiger charge is 2.16. The number of hydrogen-bond donors (Lipinski definition) is 3. The summed E-state index contributed by atoms with van der Waals surface area (Å²) in [5.74, 6) is 0.242. The Morgan fingerprint density at radius 3 is 2.76 bits per heavy atom. The average Bonchev–Trinajstić information content (AvgIpc) is 2.81. The van der Waals surface area contributed by atoms with E-state index >= 15 is 0 Å². The van der Waals surface area contributed by atoms with Crippen molar-refractivity contribution in [2.45, 2.75) is 26.8 Å². The number of phenolic OH excluding ortho intramolecular Hbond substituents is 1. The molecular weight excluding hydrogens is 424 g/mol. The molecule has 0 saturated heterocycles. The smallest absolute Gasteiger partial charge is 0.271 e. The monoisotopic (exact) mass is 452 g/mol. The van der Waals surface area contributed by atoms with Gasteiger partial charge in [0.15, 0.2) is 0 Å². The Kier molecular flexibility index (Phi) is 6.87. The molecule has 4 N–H and O–H groups in total. The summed E-state index contributed by atoms with van der Waals surface area (Å²) in [6.07, 6.45) is 8.81. The lowest BCUT2D eigenvalue weighted by atomic mass is 9.85. The number of aliphatic imine (C=N–C) groups is 1. The van der Waals surface area contributed by atoms with Gasteiger partial charge in [-0.3, -0.25) is 9.79 Å². The number of allylic oxidation sites excluding steroid dienone is 1. The van der Waals surface area contributed by atoms with Crippen molar-refractivity contribution in [2.24, 2.45) is 16.0 Å². The Labute approximate surface area is 199 Å². The van der Waals surface area contributed by atoms with E-state index in [1.165, 1.54) is 11.6 Å². The topological polar surface area (TPSA) is 100 Å². The summed E-state index contributed by atoms with van der Waals surface area (Å²) >= 11 is 0. The molecule has 0 heterocycles. The van der Waals surface area contributed by atoms with E-state index in [1.807, 2.05) is 42.6 Å². The van der Waals surface area contributed by atoms with E-state index in [0.717, 1.165) is 34.4 Å². The van der Waals surface area contributed by atoms with Crippen LogP contribution in [-0.4, -0.2) is 23.4 Å². The van der Waals surface area contributed by atoms with Gasteiger partial charge in [-0.2, -0.15) is 5.10 Å². The van der Waals surface area contributed by atoms with Crippen LogP contribution in [-0.2, 0) is 13.0 Å². The molecule has 6 nitrogen and oxygen atoms in total. The molecule has 34 heavy (non-hydrogen) atoms. The Bertz CT molecular complexity index is 1310. The van der Waals surface area contributed by atoms with Crippen LogP contribution < -0.4 is 11.2 Å². The van der Waals surface area contributed by atoms with Gasteiger partial charge in [0.1, 0.15) is 5.75 Å². The Morgan fingerprint density at radius 2 is 1.97 bits per heavy atom. The number of carbonyl (C=O) groups excluding carboxylic acids is 1. The van der Waals surface area contributed by atoms with Crippen molar-refractivity contribution in [1.29, 1.82) is 0 Å². The van der Waals surface area contributed by atoms with Gasteiger partial charge in [0.05, 0.1) is 12.8 Å². The van der Waals surface area contributed by atoms with Crippen molar-refractivity contribution in [3.8, 4) is 5.75 Å². The summed E-state index contributed by atoms with van der Waals surface area (Å²) in [4.78, 5) is 17.0. The fourth-order valence-corrected chi connectivity index (χ4v) is 3.97. The molecular formula is C28H28N4O2. The summed E-state index contributed by atoms with van der Waals surface area (Å²) in [5, 5.41) is 13.8. The molecule has 3 aromatic carbocycles. The molecule has 0 saturated carbocycles. The van der Waals surface area contributed by atoms with E-state index in [4.69, 9.17) is 5.73 Å². The van der Waals surface area contributed by atoms with E-state index in [2.05, 4.69) is 34.6 Å². The number of nitrogens with two attached hydrogens (primary N) is 1. The van der Waals surface area contributed by atoms with Crippen LogP contribution in [0.1, 0.15) is 50.7 Å². The number of hydrogen-bond acceptors (Lipinski definition) is 5. The maximum absolute atomic E-state index is 12.4. The second-order valence-electron chi connectivity index (χ2n) is 8.59. The molecule has 172 valence electrons. The molecule has 1 atom stereocenters. The van der Waals surface area contributed by atoms with Gasteiger partial charge in [-0.25, -0.2) is 5.43 Å². The van der Waals surface area contributed by atoms with Crippen molar-refractivity contribution in [2.75, 3.05) is 5.73 Å².